The molecule has 0 aliphatic heterocycles. The first kappa shape index (κ1) is 32.2. The largest absolute Gasteiger partial charge is 0.462 e. The Bertz CT molecular complexity index is 404. The summed E-state index contributed by atoms with van der Waals surface area (Å²) in [5, 5.41) is 0. The van der Waals surface area contributed by atoms with Crippen LogP contribution in [0.3, 0.4) is 0 Å². The molecular weight excluding hydrogens is 404 g/mol. The Kier molecular flexibility index (Phi) is 26.8. The monoisotopic (exact) mass is 464 g/mol. The Hall–Kier alpha value is -0.790. The summed E-state index contributed by atoms with van der Waals surface area (Å²) in [6.07, 6.45) is 34.2. The highest BCUT2D eigenvalue weighted by Gasteiger charge is 2.11. The molecule has 0 spiro atoms. The molecule has 0 aromatic rings. The van der Waals surface area contributed by atoms with Crippen LogP contribution >= 0.6 is 0 Å². The van der Waals surface area contributed by atoms with Crippen LogP contribution < -0.4 is 0 Å². The summed E-state index contributed by atoms with van der Waals surface area (Å²) in [5.74, 6) is 0.267. The van der Waals surface area contributed by atoms with E-state index in [1.165, 1.54) is 160 Å². The van der Waals surface area contributed by atoms with Gasteiger partial charge in [-0.15, -0.1) is 0 Å². The van der Waals surface area contributed by atoms with Crippen LogP contribution in [0, 0.1) is 5.92 Å². The molecule has 0 N–H and O–H groups in total. The molecule has 0 bridgehead atoms. The second kappa shape index (κ2) is 27.5. The van der Waals surface area contributed by atoms with Crippen molar-refractivity contribution < 1.29 is 9.53 Å². The molecular formula is C31H60O2. The second-order valence-electron chi connectivity index (χ2n) is 10.3. The molecule has 0 aliphatic rings. The molecule has 0 radical (unpaired) electrons. The summed E-state index contributed by atoms with van der Waals surface area (Å²) < 4.78 is 5.39. The average molecular weight is 465 g/mol. The molecule has 0 amide bonds. The molecule has 2 nitrogen and oxygen atoms in total. The molecule has 2 heteroatoms. The quantitative estimate of drug-likeness (QED) is 0.0686. The van der Waals surface area contributed by atoms with Crippen molar-refractivity contribution in [1.82, 2.24) is 0 Å². The zero-order valence-electron chi connectivity index (χ0n) is 22.9. The van der Waals surface area contributed by atoms with E-state index < -0.39 is 0 Å². The molecule has 33 heavy (non-hydrogen) atoms. The molecule has 196 valence electrons. The highest BCUT2D eigenvalue weighted by atomic mass is 16.5. The molecule has 0 saturated carbocycles. The average Bonchev–Trinajstić information content (AvgIpc) is 2.83. The van der Waals surface area contributed by atoms with Crippen molar-refractivity contribution in [2.24, 2.45) is 5.92 Å². The fourth-order valence-corrected chi connectivity index (χ4v) is 4.76. The first-order valence-electron chi connectivity index (χ1n) is 15.0. The van der Waals surface area contributed by atoms with Gasteiger partial charge in [0.15, 0.2) is 0 Å². The van der Waals surface area contributed by atoms with Crippen LogP contribution in [0.15, 0.2) is 12.7 Å². The summed E-state index contributed by atoms with van der Waals surface area (Å²) in [6.45, 7) is 8.67. The number of rotatable bonds is 27. The maximum Gasteiger partial charge on any atom is 0.330 e. The van der Waals surface area contributed by atoms with Crippen LogP contribution in [0.2, 0.25) is 0 Å². The van der Waals surface area contributed by atoms with Gasteiger partial charge in [-0.3, -0.25) is 0 Å². The Morgan fingerprint density at radius 2 is 0.879 bits per heavy atom. The zero-order valence-corrected chi connectivity index (χ0v) is 22.9. The van der Waals surface area contributed by atoms with Crippen LogP contribution in [0.4, 0.5) is 0 Å². The Labute approximate surface area is 208 Å². The van der Waals surface area contributed by atoms with E-state index >= 15 is 0 Å². The van der Waals surface area contributed by atoms with Gasteiger partial charge in [0.05, 0.1) is 6.61 Å². The number of hydrogen-bond acceptors (Lipinski definition) is 2. The van der Waals surface area contributed by atoms with Crippen molar-refractivity contribution in [2.45, 2.75) is 168 Å². The number of hydrogen-bond donors (Lipinski definition) is 0. The first-order valence-corrected chi connectivity index (χ1v) is 15.0. The Morgan fingerprint density at radius 1 is 0.576 bits per heavy atom. The van der Waals surface area contributed by atoms with Gasteiger partial charge < -0.3 is 4.74 Å². The Morgan fingerprint density at radius 3 is 1.18 bits per heavy atom. The van der Waals surface area contributed by atoms with Gasteiger partial charge in [-0.05, 0) is 18.8 Å². The van der Waals surface area contributed by atoms with Crippen LogP contribution in [-0.2, 0) is 9.53 Å². The summed E-state index contributed by atoms with van der Waals surface area (Å²) in [6, 6.07) is 0. The number of esters is 1. The molecule has 0 heterocycles. The number of unbranched alkanes of at least 4 members (excludes halogenated alkanes) is 20. The highest BCUT2D eigenvalue weighted by molar-refractivity contribution is 5.81. The third kappa shape index (κ3) is 25.7. The van der Waals surface area contributed by atoms with E-state index in [4.69, 9.17) is 4.74 Å². The fourth-order valence-electron chi connectivity index (χ4n) is 4.76. The SMILES string of the molecule is C=CC(=O)OCC(CCCCCCCCCC)CCCCCCCCCCCCCCCC. The van der Waals surface area contributed by atoms with Crippen molar-refractivity contribution in [3.63, 3.8) is 0 Å². The molecule has 0 aromatic heterocycles. The predicted octanol–water partition coefficient (Wildman–Crippen LogP) is 10.7. The predicted molar refractivity (Wildman–Crippen MR) is 147 cm³/mol. The van der Waals surface area contributed by atoms with E-state index in [2.05, 4.69) is 20.4 Å². The lowest BCUT2D eigenvalue weighted by molar-refractivity contribution is -0.139. The Balaban J connectivity index is 3.68. The molecule has 1 atom stereocenters. The van der Waals surface area contributed by atoms with Crippen molar-refractivity contribution >= 4 is 5.97 Å². The summed E-state index contributed by atoms with van der Waals surface area (Å²) in [4.78, 5) is 11.5. The van der Waals surface area contributed by atoms with Gasteiger partial charge in [-0.2, -0.15) is 0 Å². The van der Waals surface area contributed by atoms with E-state index in [1.807, 2.05) is 0 Å². The van der Waals surface area contributed by atoms with E-state index in [9.17, 15) is 4.79 Å². The summed E-state index contributed by atoms with van der Waals surface area (Å²) >= 11 is 0. The molecule has 0 aromatic carbocycles. The normalized spacial score (nSPS) is 12.1. The topological polar surface area (TPSA) is 26.3 Å². The van der Waals surface area contributed by atoms with Crippen molar-refractivity contribution in [3.8, 4) is 0 Å². The molecule has 1 unspecified atom stereocenters. The molecule has 0 aliphatic carbocycles. The summed E-state index contributed by atoms with van der Waals surface area (Å²) in [7, 11) is 0. The van der Waals surface area contributed by atoms with E-state index in [0.29, 0.717) is 12.5 Å². The van der Waals surface area contributed by atoms with E-state index in [1.54, 1.807) is 0 Å². The van der Waals surface area contributed by atoms with Gasteiger partial charge in [-0.1, -0.05) is 162 Å². The molecule has 0 rings (SSSR count). The van der Waals surface area contributed by atoms with Gasteiger partial charge in [0.25, 0.3) is 0 Å². The van der Waals surface area contributed by atoms with E-state index in [-0.39, 0.29) is 5.97 Å². The third-order valence-electron chi connectivity index (χ3n) is 7.06. The molecule has 0 fully saturated rings. The second-order valence-corrected chi connectivity index (χ2v) is 10.3. The lowest BCUT2D eigenvalue weighted by Gasteiger charge is -2.16. The van der Waals surface area contributed by atoms with Crippen LogP contribution in [0.1, 0.15) is 168 Å². The molecule has 0 saturated heterocycles. The van der Waals surface area contributed by atoms with Gasteiger partial charge in [0, 0.05) is 6.08 Å². The highest BCUT2D eigenvalue weighted by Crippen LogP contribution is 2.20. The minimum Gasteiger partial charge on any atom is -0.462 e. The summed E-state index contributed by atoms with van der Waals surface area (Å²) in [5.41, 5.74) is 0. The number of ether oxygens (including phenoxy) is 1. The zero-order chi connectivity index (χ0) is 24.2. The minimum absolute atomic E-state index is 0.267. The number of carbonyl (C=O) groups is 1. The number of carbonyl (C=O) groups excluding carboxylic acids is 1. The fraction of sp³-hybridized carbons (Fsp3) is 0.903. The smallest absolute Gasteiger partial charge is 0.330 e. The van der Waals surface area contributed by atoms with Crippen molar-refractivity contribution in [1.29, 1.82) is 0 Å². The van der Waals surface area contributed by atoms with Crippen molar-refractivity contribution in [2.75, 3.05) is 6.61 Å². The third-order valence-corrected chi connectivity index (χ3v) is 7.06. The van der Waals surface area contributed by atoms with Crippen molar-refractivity contribution in [3.05, 3.63) is 12.7 Å². The van der Waals surface area contributed by atoms with Crippen LogP contribution in [-0.4, -0.2) is 12.6 Å². The first-order chi connectivity index (χ1) is 16.2. The lowest BCUT2D eigenvalue weighted by atomic mass is 9.94. The standard InChI is InChI=1S/C31H60O2/c1-4-7-9-11-13-15-16-17-18-19-20-22-24-26-28-30(29-33-31(32)6-3)27-25-23-21-14-12-10-8-5-2/h6,30H,3-5,7-29H2,1-2H3. The minimum atomic E-state index is -0.267. The van der Waals surface area contributed by atoms with E-state index in [0.717, 1.165) is 0 Å². The van der Waals surface area contributed by atoms with Gasteiger partial charge in [0.1, 0.15) is 0 Å². The van der Waals surface area contributed by atoms with Gasteiger partial charge in [0.2, 0.25) is 0 Å². The van der Waals surface area contributed by atoms with Gasteiger partial charge >= 0.3 is 5.97 Å². The van der Waals surface area contributed by atoms with Crippen LogP contribution in [0.25, 0.3) is 0 Å². The maximum atomic E-state index is 11.5. The van der Waals surface area contributed by atoms with Gasteiger partial charge in [-0.25, -0.2) is 4.79 Å². The lowest BCUT2D eigenvalue weighted by Crippen LogP contribution is -2.13. The maximum absolute atomic E-state index is 11.5. The van der Waals surface area contributed by atoms with Crippen LogP contribution in [0.5, 0.6) is 0 Å².